The van der Waals surface area contributed by atoms with Gasteiger partial charge in [0.15, 0.2) is 0 Å². The van der Waals surface area contributed by atoms with E-state index in [-0.39, 0.29) is 36.0 Å². The molecule has 4 nitrogen and oxygen atoms in total. The molecule has 0 unspecified atom stereocenters. The van der Waals surface area contributed by atoms with Gasteiger partial charge in [-0.2, -0.15) is 0 Å². The zero-order valence-corrected chi connectivity index (χ0v) is 12.6. The molecule has 0 fully saturated rings. The third-order valence-electron chi connectivity index (χ3n) is 2.44. The maximum atomic E-state index is 10.8. The SMILES string of the molecule is CCC(=O)CC(=O)CC.CCCCC(=O)CC(C)=O. The molecule has 19 heavy (non-hydrogen) atoms. The van der Waals surface area contributed by atoms with Crippen molar-refractivity contribution in [1.82, 2.24) is 0 Å². The van der Waals surface area contributed by atoms with Crippen molar-refractivity contribution < 1.29 is 19.2 Å². The van der Waals surface area contributed by atoms with Crippen LogP contribution >= 0.6 is 0 Å². The molecule has 0 aromatic rings. The Bertz CT molecular complexity index is 291. The van der Waals surface area contributed by atoms with Gasteiger partial charge in [0.05, 0.1) is 12.8 Å². The minimum Gasteiger partial charge on any atom is -0.300 e. The van der Waals surface area contributed by atoms with Crippen LogP contribution in [0.4, 0.5) is 0 Å². The lowest BCUT2D eigenvalue weighted by Crippen LogP contribution is -2.04. The fraction of sp³-hybridized carbons (Fsp3) is 0.733. The first-order valence-corrected chi connectivity index (χ1v) is 6.91. The number of carbonyl (C=O) groups is 4. The number of ketones is 4. The van der Waals surface area contributed by atoms with Crippen LogP contribution in [-0.2, 0) is 19.2 Å². The molecule has 0 bridgehead atoms. The zero-order valence-electron chi connectivity index (χ0n) is 12.6. The van der Waals surface area contributed by atoms with E-state index in [1.807, 2.05) is 6.92 Å². The van der Waals surface area contributed by atoms with E-state index in [1.54, 1.807) is 13.8 Å². The van der Waals surface area contributed by atoms with Crippen LogP contribution in [0.15, 0.2) is 0 Å². The van der Waals surface area contributed by atoms with Gasteiger partial charge in [-0.25, -0.2) is 0 Å². The fourth-order valence-electron chi connectivity index (χ4n) is 1.21. The van der Waals surface area contributed by atoms with E-state index in [0.717, 1.165) is 12.8 Å². The standard InChI is InChI=1S/C8H14O2.C7H12O2/c1-3-4-5-8(10)6-7(2)9;1-3-6(8)5-7(9)4-2/h3-6H2,1-2H3;3-5H2,1-2H3. The second-order valence-corrected chi connectivity index (χ2v) is 4.48. The summed E-state index contributed by atoms with van der Waals surface area (Å²) in [4.78, 5) is 42.3. The summed E-state index contributed by atoms with van der Waals surface area (Å²) >= 11 is 0. The number of rotatable bonds is 9. The molecule has 0 heterocycles. The molecule has 0 atom stereocenters. The number of unbranched alkanes of at least 4 members (excludes halogenated alkanes) is 1. The van der Waals surface area contributed by atoms with Gasteiger partial charge in [0.25, 0.3) is 0 Å². The number of carbonyl (C=O) groups excluding carboxylic acids is 4. The zero-order chi connectivity index (χ0) is 15.3. The van der Waals surface area contributed by atoms with Crippen LogP contribution in [0.3, 0.4) is 0 Å². The third kappa shape index (κ3) is 16.7. The molecule has 0 aromatic heterocycles. The largest absolute Gasteiger partial charge is 0.300 e. The summed E-state index contributed by atoms with van der Waals surface area (Å²) in [5.74, 6) is 0.138. The van der Waals surface area contributed by atoms with Crippen LogP contribution < -0.4 is 0 Å². The second-order valence-electron chi connectivity index (χ2n) is 4.48. The van der Waals surface area contributed by atoms with Gasteiger partial charge in [0.1, 0.15) is 23.1 Å². The molecule has 110 valence electrons. The molecule has 0 amide bonds. The molecular formula is C15H26O4. The maximum absolute atomic E-state index is 10.8. The maximum Gasteiger partial charge on any atom is 0.140 e. The molecule has 0 saturated carbocycles. The van der Waals surface area contributed by atoms with Crippen molar-refractivity contribution in [3.8, 4) is 0 Å². The van der Waals surface area contributed by atoms with E-state index in [1.165, 1.54) is 6.92 Å². The lowest BCUT2D eigenvalue weighted by molar-refractivity contribution is -0.128. The molecule has 0 aromatic carbocycles. The molecule has 4 heteroatoms. The predicted octanol–water partition coefficient (Wildman–Crippen LogP) is 3.06. The van der Waals surface area contributed by atoms with Crippen molar-refractivity contribution in [2.45, 2.75) is 72.6 Å². The molecule has 0 aliphatic rings. The van der Waals surface area contributed by atoms with E-state index < -0.39 is 0 Å². The minimum absolute atomic E-state index is 0.0268. The summed E-state index contributed by atoms with van der Waals surface area (Å²) in [6.45, 7) is 7.02. The Hall–Kier alpha value is -1.32. The Balaban J connectivity index is 0. The first kappa shape index (κ1) is 20.0. The van der Waals surface area contributed by atoms with Gasteiger partial charge in [-0.1, -0.05) is 27.2 Å². The minimum atomic E-state index is -0.0268. The van der Waals surface area contributed by atoms with Gasteiger partial charge < -0.3 is 0 Å². The lowest BCUT2D eigenvalue weighted by Gasteiger charge is -1.93. The number of hydrogen-bond acceptors (Lipinski definition) is 4. The summed E-state index contributed by atoms with van der Waals surface area (Å²) in [6.07, 6.45) is 3.70. The second kappa shape index (κ2) is 13.1. The van der Waals surface area contributed by atoms with Gasteiger partial charge in [-0.05, 0) is 13.3 Å². The van der Waals surface area contributed by atoms with Crippen molar-refractivity contribution in [2.24, 2.45) is 0 Å². The molecule has 0 N–H and O–H groups in total. The smallest absolute Gasteiger partial charge is 0.140 e. The van der Waals surface area contributed by atoms with Gasteiger partial charge in [-0.15, -0.1) is 0 Å². The van der Waals surface area contributed by atoms with Crippen LogP contribution in [0.5, 0.6) is 0 Å². The van der Waals surface area contributed by atoms with Crippen LogP contribution in [0.1, 0.15) is 72.6 Å². The van der Waals surface area contributed by atoms with Crippen LogP contribution in [-0.4, -0.2) is 23.1 Å². The molecular weight excluding hydrogens is 244 g/mol. The molecule has 0 aliphatic carbocycles. The van der Waals surface area contributed by atoms with Gasteiger partial charge >= 0.3 is 0 Å². The van der Waals surface area contributed by atoms with Crippen LogP contribution in [0, 0.1) is 0 Å². The number of hydrogen-bond donors (Lipinski definition) is 0. The molecule has 0 saturated heterocycles. The molecule has 0 aliphatic heterocycles. The summed E-state index contributed by atoms with van der Waals surface area (Å²) in [7, 11) is 0. The Labute approximate surface area is 116 Å². The Kier molecular flexibility index (Phi) is 13.8. The summed E-state index contributed by atoms with van der Waals surface area (Å²) in [5.41, 5.74) is 0. The third-order valence-corrected chi connectivity index (χ3v) is 2.44. The predicted molar refractivity (Wildman–Crippen MR) is 75.0 cm³/mol. The Morgan fingerprint density at radius 2 is 1.21 bits per heavy atom. The van der Waals surface area contributed by atoms with E-state index in [2.05, 4.69) is 0 Å². The first-order valence-electron chi connectivity index (χ1n) is 6.91. The Morgan fingerprint density at radius 1 is 0.737 bits per heavy atom. The normalized spacial score (nSPS) is 9.26. The van der Waals surface area contributed by atoms with Crippen molar-refractivity contribution in [2.75, 3.05) is 0 Å². The van der Waals surface area contributed by atoms with Gasteiger partial charge in [0, 0.05) is 19.3 Å². The average molecular weight is 270 g/mol. The van der Waals surface area contributed by atoms with Crippen LogP contribution in [0.2, 0.25) is 0 Å². The summed E-state index contributed by atoms with van der Waals surface area (Å²) in [6, 6.07) is 0. The van der Waals surface area contributed by atoms with Crippen molar-refractivity contribution in [3.05, 3.63) is 0 Å². The Morgan fingerprint density at radius 3 is 1.53 bits per heavy atom. The van der Waals surface area contributed by atoms with Crippen molar-refractivity contribution in [1.29, 1.82) is 0 Å². The monoisotopic (exact) mass is 270 g/mol. The highest BCUT2D eigenvalue weighted by atomic mass is 16.2. The van der Waals surface area contributed by atoms with E-state index in [9.17, 15) is 19.2 Å². The van der Waals surface area contributed by atoms with E-state index in [4.69, 9.17) is 0 Å². The van der Waals surface area contributed by atoms with Gasteiger partial charge in [0.2, 0.25) is 0 Å². The number of Topliss-reactive ketones (excluding diaryl/α,β-unsaturated/α-hetero) is 4. The van der Waals surface area contributed by atoms with Gasteiger partial charge in [-0.3, -0.25) is 19.2 Å². The fourth-order valence-corrected chi connectivity index (χ4v) is 1.21. The van der Waals surface area contributed by atoms with E-state index in [0.29, 0.717) is 19.3 Å². The van der Waals surface area contributed by atoms with Crippen molar-refractivity contribution >= 4 is 23.1 Å². The first-order chi connectivity index (χ1) is 8.87. The van der Waals surface area contributed by atoms with Crippen molar-refractivity contribution in [3.63, 3.8) is 0 Å². The molecule has 0 spiro atoms. The highest BCUT2D eigenvalue weighted by Gasteiger charge is 2.03. The van der Waals surface area contributed by atoms with E-state index >= 15 is 0 Å². The topological polar surface area (TPSA) is 68.3 Å². The summed E-state index contributed by atoms with van der Waals surface area (Å²) < 4.78 is 0. The molecule has 0 radical (unpaired) electrons. The highest BCUT2D eigenvalue weighted by molar-refractivity contribution is 5.98. The summed E-state index contributed by atoms with van der Waals surface area (Å²) in [5, 5.41) is 0. The molecule has 0 rings (SSSR count). The highest BCUT2D eigenvalue weighted by Crippen LogP contribution is 1.98. The quantitative estimate of drug-likeness (QED) is 0.604. The lowest BCUT2D eigenvalue weighted by atomic mass is 10.1. The average Bonchev–Trinajstić information content (AvgIpc) is 2.35. The van der Waals surface area contributed by atoms with Crippen LogP contribution in [0.25, 0.3) is 0 Å².